The third kappa shape index (κ3) is 4.14. The van der Waals surface area contributed by atoms with Gasteiger partial charge in [-0.25, -0.2) is 0 Å². The lowest BCUT2D eigenvalue weighted by Gasteiger charge is -2.19. The molecule has 0 radical (unpaired) electrons. The fourth-order valence-corrected chi connectivity index (χ4v) is 2.78. The van der Waals surface area contributed by atoms with Crippen molar-refractivity contribution in [1.29, 1.82) is 0 Å². The van der Waals surface area contributed by atoms with Crippen molar-refractivity contribution in [2.45, 2.75) is 12.5 Å². The largest absolute Gasteiger partial charge is 0.486 e. The van der Waals surface area contributed by atoms with Gasteiger partial charge < -0.3 is 4.74 Å². The molecule has 23 heavy (non-hydrogen) atoms. The topological polar surface area (TPSA) is 9.23 Å². The van der Waals surface area contributed by atoms with Gasteiger partial charge in [-0.05, 0) is 28.8 Å². The second-order valence-corrected chi connectivity index (χ2v) is 5.76. The molecule has 0 fully saturated rings. The van der Waals surface area contributed by atoms with Gasteiger partial charge in [-0.1, -0.05) is 72.8 Å². The number of alkyl halides is 1. The lowest BCUT2D eigenvalue weighted by Crippen LogP contribution is -2.08. The van der Waals surface area contributed by atoms with E-state index in [0.29, 0.717) is 5.88 Å². The monoisotopic (exact) mass is 322 g/mol. The molecule has 1 unspecified atom stereocenters. The number of halogens is 1. The third-order valence-electron chi connectivity index (χ3n) is 3.78. The van der Waals surface area contributed by atoms with Crippen molar-refractivity contribution in [2.75, 3.05) is 5.88 Å². The van der Waals surface area contributed by atoms with Crippen molar-refractivity contribution in [3.05, 3.63) is 90.5 Å². The Kier molecular flexibility index (Phi) is 5.33. The summed E-state index contributed by atoms with van der Waals surface area (Å²) >= 11 is 5.94. The zero-order valence-electron chi connectivity index (χ0n) is 12.9. The number of ether oxygens (including phenoxy) is 1. The second-order valence-electron chi connectivity index (χ2n) is 5.39. The SMILES string of the molecule is ClCCC(Oc1ccc(-c2ccccc2)cc1)c1ccccc1. The molecule has 1 nitrogen and oxygen atoms in total. The maximum atomic E-state index is 6.15. The van der Waals surface area contributed by atoms with Crippen LogP contribution in [0.5, 0.6) is 5.75 Å². The highest BCUT2D eigenvalue weighted by Gasteiger charge is 2.12. The highest BCUT2D eigenvalue weighted by Crippen LogP contribution is 2.27. The first-order valence-corrected chi connectivity index (χ1v) is 8.33. The van der Waals surface area contributed by atoms with Crippen molar-refractivity contribution in [1.82, 2.24) is 0 Å². The van der Waals surface area contributed by atoms with Gasteiger partial charge in [0.05, 0.1) is 0 Å². The summed E-state index contributed by atoms with van der Waals surface area (Å²) in [5.74, 6) is 1.44. The van der Waals surface area contributed by atoms with Crippen molar-refractivity contribution in [2.24, 2.45) is 0 Å². The molecule has 0 spiro atoms. The van der Waals surface area contributed by atoms with E-state index in [9.17, 15) is 0 Å². The minimum atomic E-state index is -0.0173. The van der Waals surface area contributed by atoms with Gasteiger partial charge in [-0.3, -0.25) is 0 Å². The van der Waals surface area contributed by atoms with Crippen LogP contribution in [0.1, 0.15) is 18.1 Å². The quantitative estimate of drug-likeness (QED) is 0.498. The van der Waals surface area contributed by atoms with Gasteiger partial charge in [0.25, 0.3) is 0 Å². The van der Waals surface area contributed by atoms with Gasteiger partial charge in [0, 0.05) is 12.3 Å². The molecule has 0 saturated heterocycles. The van der Waals surface area contributed by atoms with E-state index >= 15 is 0 Å². The lowest BCUT2D eigenvalue weighted by atomic mass is 10.1. The molecule has 0 aliphatic carbocycles. The second kappa shape index (κ2) is 7.85. The first-order valence-electron chi connectivity index (χ1n) is 7.80. The Morgan fingerprint density at radius 3 is 1.87 bits per heavy atom. The van der Waals surface area contributed by atoms with Crippen LogP contribution in [-0.2, 0) is 0 Å². The van der Waals surface area contributed by atoms with Crippen LogP contribution in [0.25, 0.3) is 11.1 Å². The molecular weight excluding hydrogens is 304 g/mol. The summed E-state index contributed by atoms with van der Waals surface area (Å²) in [4.78, 5) is 0. The molecular formula is C21H19ClO. The Labute approximate surface area is 142 Å². The van der Waals surface area contributed by atoms with Crippen LogP contribution in [0.2, 0.25) is 0 Å². The Bertz CT molecular complexity index is 708. The number of rotatable bonds is 6. The molecule has 0 amide bonds. The minimum Gasteiger partial charge on any atom is -0.486 e. The summed E-state index contributed by atoms with van der Waals surface area (Å²) < 4.78 is 6.15. The average Bonchev–Trinajstić information content (AvgIpc) is 2.63. The fraction of sp³-hybridized carbons (Fsp3) is 0.143. The molecule has 0 aromatic heterocycles. The van der Waals surface area contributed by atoms with E-state index in [1.807, 2.05) is 48.5 Å². The molecule has 0 heterocycles. The van der Waals surface area contributed by atoms with Crippen LogP contribution in [0.4, 0.5) is 0 Å². The highest BCUT2D eigenvalue weighted by atomic mass is 35.5. The molecule has 0 N–H and O–H groups in total. The van der Waals surface area contributed by atoms with E-state index in [1.54, 1.807) is 0 Å². The van der Waals surface area contributed by atoms with Crippen molar-refractivity contribution in [3.63, 3.8) is 0 Å². The minimum absolute atomic E-state index is 0.0173. The molecule has 1 atom stereocenters. The molecule has 3 aromatic carbocycles. The van der Waals surface area contributed by atoms with Crippen molar-refractivity contribution in [3.8, 4) is 16.9 Å². The Hall–Kier alpha value is -2.25. The van der Waals surface area contributed by atoms with E-state index in [-0.39, 0.29) is 6.10 Å². The van der Waals surface area contributed by atoms with Crippen LogP contribution < -0.4 is 4.74 Å². The number of hydrogen-bond donors (Lipinski definition) is 0. The standard InChI is InChI=1S/C21H19ClO/c22-16-15-21(19-9-5-2-6-10-19)23-20-13-11-18(12-14-20)17-7-3-1-4-8-17/h1-14,21H,15-16H2. The van der Waals surface area contributed by atoms with Crippen molar-refractivity contribution >= 4 is 11.6 Å². The predicted molar refractivity (Wildman–Crippen MR) is 97.0 cm³/mol. The van der Waals surface area contributed by atoms with Crippen molar-refractivity contribution < 1.29 is 4.74 Å². The first kappa shape index (κ1) is 15.6. The van der Waals surface area contributed by atoms with Crippen LogP contribution in [0.3, 0.4) is 0 Å². The predicted octanol–water partition coefficient (Wildman–Crippen LogP) is 6.10. The van der Waals surface area contributed by atoms with Gasteiger partial charge in [0.2, 0.25) is 0 Å². The molecule has 116 valence electrons. The van der Waals surface area contributed by atoms with Crippen LogP contribution in [-0.4, -0.2) is 5.88 Å². The fourth-order valence-electron chi connectivity index (χ4n) is 2.58. The average molecular weight is 323 g/mol. The van der Waals surface area contributed by atoms with E-state index in [4.69, 9.17) is 16.3 Å². The molecule has 2 heteroatoms. The normalized spacial score (nSPS) is 11.9. The van der Waals surface area contributed by atoms with Crippen LogP contribution in [0, 0.1) is 0 Å². The summed E-state index contributed by atoms with van der Waals surface area (Å²) in [5, 5.41) is 0. The molecule has 0 saturated carbocycles. The van der Waals surface area contributed by atoms with E-state index in [2.05, 4.69) is 36.4 Å². The van der Waals surface area contributed by atoms with E-state index < -0.39 is 0 Å². The number of hydrogen-bond acceptors (Lipinski definition) is 1. The first-order chi connectivity index (χ1) is 11.4. The summed E-state index contributed by atoms with van der Waals surface area (Å²) in [5.41, 5.74) is 3.55. The molecule has 3 aromatic rings. The zero-order chi connectivity index (χ0) is 15.9. The lowest BCUT2D eigenvalue weighted by molar-refractivity contribution is 0.202. The Balaban J connectivity index is 1.76. The number of benzene rings is 3. The summed E-state index contributed by atoms with van der Waals surface area (Å²) in [6, 6.07) is 28.8. The summed E-state index contributed by atoms with van der Waals surface area (Å²) in [6.45, 7) is 0. The van der Waals surface area contributed by atoms with E-state index in [0.717, 1.165) is 17.7 Å². The summed E-state index contributed by atoms with van der Waals surface area (Å²) in [6.07, 6.45) is 0.766. The maximum Gasteiger partial charge on any atom is 0.125 e. The van der Waals surface area contributed by atoms with Gasteiger partial charge in [-0.2, -0.15) is 0 Å². The Morgan fingerprint density at radius 2 is 1.26 bits per heavy atom. The smallest absolute Gasteiger partial charge is 0.125 e. The third-order valence-corrected chi connectivity index (χ3v) is 4.00. The van der Waals surface area contributed by atoms with Gasteiger partial charge in [-0.15, -0.1) is 11.6 Å². The van der Waals surface area contributed by atoms with Crippen LogP contribution in [0.15, 0.2) is 84.9 Å². The van der Waals surface area contributed by atoms with Crippen LogP contribution >= 0.6 is 11.6 Å². The van der Waals surface area contributed by atoms with Gasteiger partial charge in [0.1, 0.15) is 11.9 Å². The Morgan fingerprint density at radius 1 is 0.696 bits per heavy atom. The molecule has 0 bridgehead atoms. The zero-order valence-corrected chi connectivity index (χ0v) is 13.6. The maximum absolute atomic E-state index is 6.15. The molecule has 0 aliphatic heterocycles. The van der Waals surface area contributed by atoms with Gasteiger partial charge >= 0.3 is 0 Å². The molecule has 3 rings (SSSR count). The highest BCUT2D eigenvalue weighted by molar-refractivity contribution is 6.17. The summed E-state index contributed by atoms with van der Waals surface area (Å²) in [7, 11) is 0. The van der Waals surface area contributed by atoms with Gasteiger partial charge in [0.15, 0.2) is 0 Å². The van der Waals surface area contributed by atoms with E-state index in [1.165, 1.54) is 11.1 Å². The molecule has 0 aliphatic rings.